The maximum absolute atomic E-state index is 3.45. The van der Waals surface area contributed by atoms with Crippen LogP contribution in [0, 0.1) is 17.8 Å². The van der Waals surface area contributed by atoms with E-state index in [4.69, 9.17) is 0 Å². The van der Waals surface area contributed by atoms with E-state index < -0.39 is 0 Å². The van der Waals surface area contributed by atoms with Crippen LogP contribution in [0.5, 0.6) is 0 Å². The van der Waals surface area contributed by atoms with E-state index >= 15 is 0 Å². The van der Waals surface area contributed by atoms with Crippen LogP contribution >= 0.6 is 0 Å². The monoisotopic (exact) mass is 197 g/mol. The van der Waals surface area contributed by atoms with Crippen molar-refractivity contribution in [2.24, 2.45) is 17.8 Å². The number of nitrogens with one attached hydrogen (secondary N) is 1. The van der Waals surface area contributed by atoms with E-state index in [-0.39, 0.29) is 0 Å². The Kier molecular flexibility index (Phi) is 4.94. The Labute approximate surface area is 89.7 Å². The van der Waals surface area contributed by atoms with Gasteiger partial charge in [0.25, 0.3) is 0 Å². The molecule has 0 aliphatic heterocycles. The Morgan fingerprint density at radius 1 is 1.36 bits per heavy atom. The third-order valence-electron chi connectivity index (χ3n) is 4.08. The molecule has 1 N–H and O–H groups in total. The molecule has 0 amide bonds. The fourth-order valence-corrected chi connectivity index (χ4v) is 3.12. The molecule has 1 saturated carbocycles. The van der Waals surface area contributed by atoms with Crippen LogP contribution in [0.2, 0.25) is 0 Å². The van der Waals surface area contributed by atoms with Crippen molar-refractivity contribution in [3.05, 3.63) is 0 Å². The van der Waals surface area contributed by atoms with Crippen LogP contribution < -0.4 is 5.32 Å². The summed E-state index contributed by atoms with van der Waals surface area (Å²) in [4.78, 5) is 0. The van der Waals surface area contributed by atoms with E-state index in [1.807, 2.05) is 0 Å². The lowest BCUT2D eigenvalue weighted by atomic mass is 9.86. The molecule has 84 valence electrons. The zero-order chi connectivity index (χ0) is 10.6. The second kappa shape index (κ2) is 5.75. The topological polar surface area (TPSA) is 12.0 Å². The lowest BCUT2D eigenvalue weighted by Gasteiger charge is -2.23. The molecular formula is C13H27N. The van der Waals surface area contributed by atoms with Gasteiger partial charge in [0.1, 0.15) is 0 Å². The van der Waals surface area contributed by atoms with Crippen LogP contribution in [-0.4, -0.2) is 13.1 Å². The van der Waals surface area contributed by atoms with E-state index in [1.165, 1.54) is 32.1 Å². The summed E-state index contributed by atoms with van der Waals surface area (Å²) in [5.41, 5.74) is 0. The van der Waals surface area contributed by atoms with Gasteiger partial charge in [-0.3, -0.25) is 0 Å². The smallest absolute Gasteiger partial charge is 0.00924 e. The third kappa shape index (κ3) is 2.98. The molecule has 0 aromatic carbocycles. The molecule has 0 aromatic rings. The highest BCUT2D eigenvalue weighted by Crippen LogP contribution is 2.36. The van der Waals surface area contributed by atoms with E-state index in [9.17, 15) is 0 Å². The van der Waals surface area contributed by atoms with E-state index in [0.717, 1.165) is 23.8 Å². The largest absolute Gasteiger partial charge is 0.317 e. The van der Waals surface area contributed by atoms with Crippen molar-refractivity contribution in [3.63, 3.8) is 0 Å². The van der Waals surface area contributed by atoms with Gasteiger partial charge in [0.15, 0.2) is 0 Å². The highest BCUT2D eigenvalue weighted by Gasteiger charge is 2.31. The summed E-state index contributed by atoms with van der Waals surface area (Å²) in [6.07, 6.45) is 7.04. The van der Waals surface area contributed by atoms with Gasteiger partial charge in [0.2, 0.25) is 0 Å². The average molecular weight is 197 g/mol. The van der Waals surface area contributed by atoms with Crippen molar-refractivity contribution in [1.29, 1.82) is 0 Å². The Hall–Kier alpha value is -0.0400. The minimum Gasteiger partial charge on any atom is -0.317 e. The van der Waals surface area contributed by atoms with Crippen molar-refractivity contribution in [2.75, 3.05) is 7.05 Å². The van der Waals surface area contributed by atoms with Crippen molar-refractivity contribution in [2.45, 2.75) is 58.9 Å². The SMILES string of the molecule is CCCC(C)CC1CCC(NC)C1C. The first-order valence-electron chi connectivity index (χ1n) is 6.36. The van der Waals surface area contributed by atoms with Crippen molar-refractivity contribution in [3.8, 4) is 0 Å². The van der Waals surface area contributed by atoms with Crippen LogP contribution in [0.4, 0.5) is 0 Å². The zero-order valence-corrected chi connectivity index (χ0v) is 10.3. The maximum atomic E-state index is 3.45. The van der Waals surface area contributed by atoms with E-state index in [1.54, 1.807) is 0 Å². The summed E-state index contributed by atoms with van der Waals surface area (Å²) in [5.74, 6) is 2.80. The fourth-order valence-electron chi connectivity index (χ4n) is 3.12. The predicted octanol–water partition coefficient (Wildman–Crippen LogP) is 3.45. The summed E-state index contributed by atoms with van der Waals surface area (Å²) in [5, 5.41) is 3.45. The molecule has 1 aliphatic carbocycles. The molecule has 1 nitrogen and oxygen atoms in total. The standard InChI is InChI=1S/C13H27N/c1-5-6-10(2)9-12-7-8-13(14-4)11(12)3/h10-14H,5-9H2,1-4H3. The summed E-state index contributed by atoms with van der Waals surface area (Å²) < 4.78 is 0. The van der Waals surface area contributed by atoms with Crippen LogP contribution in [0.1, 0.15) is 52.9 Å². The molecule has 1 rings (SSSR count). The maximum Gasteiger partial charge on any atom is 0.00924 e. The molecule has 0 radical (unpaired) electrons. The number of rotatable bonds is 5. The molecule has 0 saturated heterocycles. The Morgan fingerprint density at radius 2 is 2.07 bits per heavy atom. The second-order valence-corrected chi connectivity index (χ2v) is 5.22. The minimum absolute atomic E-state index is 0.786. The van der Waals surface area contributed by atoms with Crippen molar-refractivity contribution < 1.29 is 0 Å². The molecule has 0 heterocycles. The first kappa shape index (κ1) is 12.0. The summed E-state index contributed by atoms with van der Waals surface area (Å²) in [6, 6.07) is 0.786. The van der Waals surface area contributed by atoms with Gasteiger partial charge in [0, 0.05) is 6.04 Å². The van der Waals surface area contributed by atoms with Gasteiger partial charge < -0.3 is 5.32 Å². The zero-order valence-electron chi connectivity index (χ0n) is 10.3. The Bertz CT molecular complexity index is 155. The molecule has 0 aromatic heterocycles. The van der Waals surface area contributed by atoms with Gasteiger partial charge in [-0.2, -0.15) is 0 Å². The normalized spacial score (nSPS) is 34.7. The lowest BCUT2D eigenvalue weighted by Crippen LogP contribution is -2.29. The van der Waals surface area contributed by atoms with E-state index in [0.29, 0.717) is 0 Å². The highest BCUT2D eigenvalue weighted by atomic mass is 14.9. The lowest BCUT2D eigenvalue weighted by molar-refractivity contribution is 0.297. The molecule has 1 heteroatoms. The molecule has 4 atom stereocenters. The van der Waals surface area contributed by atoms with Gasteiger partial charge >= 0.3 is 0 Å². The van der Waals surface area contributed by atoms with Gasteiger partial charge in [-0.1, -0.05) is 33.6 Å². The fraction of sp³-hybridized carbons (Fsp3) is 1.00. The molecule has 1 fully saturated rings. The molecular weight excluding hydrogens is 170 g/mol. The molecule has 0 bridgehead atoms. The Balaban J connectivity index is 2.32. The first-order valence-corrected chi connectivity index (χ1v) is 6.36. The van der Waals surface area contributed by atoms with Gasteiger partial charge in [0.05, 0.1) is 0 Å². The van der Waals surface area contributed by atoms with Gasteiger partial charge in [-0.15, -0.1) is 0 Å². The average Bonchev–Trinajstić information content (AvgIpc) is 2.48. The van der Waals surface area contributed by atoms with Crippen molar-refractivity contribution >= 4 is 0 Å². The van der Waals surface area contributed by atoms with Crippen LogP contribution in [-0.2, 0) is 0 Å². The summed E-state index contributed by atoms with van der Waals surface area (Å²) in [7, 11) is 2.11. The number of hydrogen-bond donors (Lipinski definition) is 1. The first-order chi connectivity index (χ1) is 6.69. The quantitative estimate of drug-likeness (QED) is 0.712. The van der Waals surface area contributed by atoms with E-state index in [2.05, 4.69) is 33.1 Å². The van der Waals surface area contributed by atoms with Crippen LogP contribution in [0.15, 0.2) is 0 Å². The predicted molar refractivity (Wildman–Crippen MR) is 63.4 cm³/mol. The van der Waals surface area contributed by atoms with Crippen LogP contribution in [0.25, 0.3) is 0 Å². The molecule has 14 heavy (non-hydrogen) atoms. The minimum atomic E-state index is 0.786. The molecule has 1 aliphatic rings. The Morgan fingerprint density at radius 3 is 2.57 bits per heavy atom. The van der Waals surface area contributed by atoms with Crippen LogP contribution in [0.3, 0.4) is 0 Å². The van der Waals surface area contributed by atoms with Crippen molar-refractivity contribution in [1.82, 2.24) is 5.32 Å². The molecule has 4 unspecified atom stereocenters. The van der Waals surface area contributed by atoms with Gasteiger partial charge in [-0.05, 0) is 44.1 Å². The van der Waals surface area contributed by atoms with Gasteiger partial charge in [-0.25, -0.2) is 0 Å². The highest BCUT2D eigenvalue weighted by molar-refractivity contribution is 4.86. The molecule has 0 spiro atoms. The summed E-state index contributed by atoms with van der Waals surface area (Å²) >= 11 is 0. The number of hydrogen-bond acceptors (Lipinski definition) is 1. The third-order valence-corrected chi connectivity index (χ3v) is 4.08. The summed E-state index contributed by atoms with van der Waals surface area (Å²) in [6.45, 7) is 7.14. The second-order valence-electron chi connectivity index (χ2n) is 5.22.